The van der Waals surface area contributed by atoms with Crippen molar-refractivity contribution in [2.75, 3.05) is 13.2 Å². The Labute approximate surface area is 135 Å². The highest BCUT2D eigenvalue weighted by Crippen LogP contribution is 2.19. The molecule has 2 atom stereocenters. The molecule has 5 heteroatoms. The minimum atomic E-state index is -0.438. The van der Waals surface area contributed by atoms with E-state index < -0.39 is 5.60 Å². The van der Waals surface area contributed by atoms with Gasteiger partial charge in [0.1, 0.15) is 5.60 Å². The van der Waals surface area contributed by atoms with Crippen molar-refractivity contribution in [2.45, 2.75) is 90.5 Å². The van der Waals surface area contributed by atoms with Crippen LogP contribution >= 0.6 is 0 Å². The normalized spacial score (nSPS) is 22.6. The average molecular weight is 314 g/mol. The topological polar surface area (TPSA) is 59.6 Å². The van der Waals surface area contributed by atoms with Crippen molar-refractivity contribution in [3.63, 3.8) is 0 Å². The van der Waals surface area contributed by atoms with Gasteiger partial charge in [-0.15, -0.1) is 0 Å². The smallest absolute Gasteiger partial charge is 0.407 e. The molecule has 1 saturated carbocycles. The molecule has 2 N–H and O–H groups in total. The zero-order valence-electron chi connectivity index (χ0n) is 14.9. The lowest BCUT2D eigenvalue weighted by Crippen LogP contribution is -2.45. The zero-order valence-corrected chi connectivity index (χ0v) is 14.9. The van der Waals surface area contributed by atoms with E-state index >= 15 is 0 Å². The van der Waals surface area contributed by atoms with Gasteiger partial charge in [-0.2, -0.15) is 0 Å². The summed E-state index contributed by atoms with van der Waals surface area (Å²) in [7, 11) is 0. The van der Waals surface area contributed by atoms with Crippen LogP contribution < -0.4 is 10.6 Å². The van der Waals surface area contributed by atoms with Crippen molar-refractivity contribution in [1.29, 1.82) is 0 Å². The van der Waals surface area contributed by atoms with Gasteiger partial charge in [-0.1, -0.05) is 0 Å². The van der Waals surface area contributed by atoms with E-state index in [1.165, 1.54) is 6.42 Å². The minimum Gasteiger partial charge on any atom is -0.444 e. The van der Waals surface area contributed by atoms with Gasteiger partial charge in [-0.05, 0) is 73.3 Å². The number of rotatable bonds is 7. The molecule has 5 nitrogen and oxygen atoms in total. The standard InChI is InChI=1S/C17H34N2O3/c1-13(2)21-11-7-10-18-14-8-6-9-15(12-14)19-16(20)22-17(3,4)5/h13-15,18H,6-12H2,1-5H3,(H,19,20). The summed E-state index contributed by atoms with van der Waals surface area (Å²) in [6.45, 7) is 11.5. The van der Waals surface area contributed by atoms with Crippen LogP contribution in [0.4, 0.5) is 4.79 Å². The van der Waals surface area contributed by atoms with Crippen molar-refractivity contribution in [2.24, 2.45) is 0 Å². The van der Waals surface area contributed by atoms with Gasteiger partial charge in [-0.3, -0.25) is 0 Å². The molecule has 0 bridgehead atoms. The maximum atomic E-state index is 11.8. The molecule has 0 aromatic carbocycles. The van der Waals surface area contributed by atoms with Gasteiger partial charge in [0, 0.05) is 18.7 Å². The quantitative estimate of drug-likeness (QED) is 0.708. The third-order valence-corrected chi connectivity index (χ3v) is 3.60. The number of hydrogen-bond donors (Lipinski definition) is 2. The molecule has 130 valence electrons. The Morgan fingerprint density at radius 3 is 2.55 bits per heavy atom. The highest BCUT2D eigenvalue weighted by Gasteiger charge is 2.25. The van der Waals surface area contributed by atoms with Gasteiger partial charge in [-0.25, -0.2) is 4.79 Å². The first-order chi connectivity index (χ1) is 10.3. The fraction of sp³-hybridized carbons (Fsp3) is 0.941. The maximum absolute atomic E-state index is 11.8. The van der Waals surface area contributed by atoms with Crippen LogP contribution in [0.3, 0.4) is 0 Å². The van der Waals surface area contributed by atoms with Crippen molar-refractivity contribution in [3.05, 3.63) is 0 Å². The molecule has 1 rings (SSSR count). The molecule has 0 aromatic rings. The Balaban J connectivity index is 2.19. The second-order valence-electron chi connectivity index (χ2n) is 7.43. The van der Waals surface area contributed by atoms with Crippen molar-refractivity contribution >= 4 is 6.09 Å². The molecule has 0 heterocycles. The van der Waals surface area contributed by atoms with E-state index in [-0.39, 0.29) is 12.1 Å². The van der Waals surface area contributed by atoms with Crippen molar-refractivity contribution < 1.29 is 14.3 Å². The summed E-state index contributed by atoms with van der Waals surface area (Å²) < 4.78 is 10.9. The highest BCUT2D eigenvalue weighted by atomic mass is 16.6. The van der Waals surface area contributed by atoms with Crippen molar-refractivity contribution in [3.8, 4) is 0 Å². The molecule has 0 saturated heterocycles. The zero-order chi connectivity index (χ0) is 16.6. The minimum absolute atomic E-state index is 0.216. The monoisotopic (exact) mass is 314 g/mol. The third-order valence-electron chi connectivity index (χ3n) is 3.60. The molecule has 1 fully saturated rings. The second-order valence-corrected chi connectivity index (χ2v) is 7.43. The van der Waals surface area contributed by atoms with Crippen LogP contribution in [0.25, 0.3) is 0 Å². The number of hydrogen-bond acceptors (Lipinski definition) is 4. The van der Waals surface area contributed by atoms with Gasteiger partial charge in [0.2, 0.25) is 0 Å². The summed E-state index contributed by atoms with van der Waals surface area (Å²) in [4.78, 5) is 11.8. The molecule has 2 unspecified atom stereocenters. The van der Waals surface area contributed by atoms with Crippen molar-refractivity contribution in [1.82, 2.24) is 10.6 Å². The summed E-state index contributed by atoms with van der Waals surface area (Å²) in [6, 6.07) is 0.695. The van der Waals surface area contributed by atoms with E-state index in [4.69, 9.17) is 9.47 Å². The van der Waals surface area contributed by atoms with E-state index in [1.807, 2.05) is 20.8 Å². The Hall–Kier alpha value is -0.810. The van der Waals surface area contributed by atoms with Crippen LogP contribution in [0.1, 0.15) is 66.7 Å². The average Bonchev–Trinajstić information content (AvgIpc) is 2.36. The summed E-state index contributed by atoms with van der Waals surface area (Å²) >= 11 is 0. The summed E-state index contributed by atoms with van der Waals surface area (Å²) in [6.07, 6.45) is 5.36. The van der Waals surface area contributed by atoms with Gasteiger partial charge in [0.25, 0.3) is 0 Å². The SMILES string of the molecule is CC(C)OCCCNC1CCCC(NC(=O)OC(C)(C)C)C1. The predicted octanol–water partition coefficient (Wildman–Crippen LogP) is 3.23. The lowest BCUT2D eigenvalue weighted by Gasteiger charge is -2.31. The molecule has 0 radical (unpaired) electrons. The third kappa shape index (κ3) is 9.26. The molecule has 1 amide bonds. The van der Waals surface area contributed by atoms with Gasteiger partial charge in [0.05, 0.1) is 6.10 Å². The number of alkyl carbamates (subject to hydrolysis) is 1. The number of amides is 1. The Bertz CT molecular complexity index is 326. The van der Waals surface area contributed by atoms with Gasteiger partial charge in [0.15, 0.2) is 0 Å². The Kier molecular flexibility index (Phi) is 8.18. The van der Waals surface area contributed by atoms with E-state index in [9.17, 15) is 4.79 Å². The molecule has 0 aromatic heterocycles. The maximum Gasteiger partial charge on any atom is 0.407 e. The van der Waals surface area contributed by atoms with E-state index in [0.29, 0.717) is 12.1 Å². The Morgan fingerprint density at radius 1 is 1.23 bits per heavy atom. The second kappa shape index (κ2) is 9.36. The predicted molar refractivity (Wildman–Crippen MR) is 89.1 cm³/mol. The van der Waals surface area contributed by atoms with Gasteiger partial charge >= 0.3 is 6.09 Å². The lowest BCUT2D eigenvalue weighted by molar-refractivity contribution is 0.0488. The lowest BCUT2D eigenvalue weighted by atomic mass is 9.91. The molecular weight excluding hydrogens is 280 g/mol. The molecule has 0 aliphatic heterocycles. The summed E-state index contributed by atoms with van der Waals surface area (Å²) in [5.74, 6) is 0. The number of nitrogens with one attached hydrogen (secondary N) is 2. The fourth-order valence-electron chi connectivity index (χ4n) is 2.68. The number of carbonyl (C=O) groups excluding carboxylic acids is 1. The van der Waals surface area contributed by atoms with E-state index in [0.717, 1.165) is 38.8 Å². The van der Waals surface area contributed by atoms with Crippen LogP contribution in [0, 0.1) is 0 Å². The van der Waals surface area contributed by atoms with Crippen LogP contribution in [0.5, 0.6) is 0 Å². The summed E-state index contributed by atoms with van der Waals surface area (Å²) in [5, 5.41) is 6.57. The van der Waals surface area contributed by atoms with Crippen LogP contribution in [0.15, 0.2) is 0 Å². The largest absolute Gasteiger partial charge is 0.444 e. The first-order valence-electron chi connectivity index (χ1n) is 8.61. The molecular formula is C17H34N2O3. The highest BCUT2D eigenvalue weighted by molar-refractivity contribution is 5.68. The number of carbonyl (C=O) groups is 1. The first-order valence-corrected chi connectivity index (χ1v) is 8.61. The molecule has 22 heavy (non-hydrogen) atoms. The first kappa shape index (κ1) is 19.2. The summed E-state index contributed by atoms with van der Waals surface area (Å²) in [5.41, 5.74) is -0.438. The van der Waals surface area contributed by atoms with E-state index in [1.54, 1.807) is 0 Å². The molecule has 1 aliphatic carbocycles. The van der Waals surface area contributed by atoms with Crippen LogP contribution in [-0.4, -0.2) is 43.0 Å². The molecule has 1 aliphatic rings. The van der Waals surface area contributed by atoms with Crippen LogP contribution in [0.2, 0.25) is 0 Å². The Morgan fingerprint density at radius 2 is 1.91 bits per heavy atom. The van der Waals surface area contributed by atoms with Gasteiger partial charge < -0.3 is 20.1 Å². The molecule has 0 spiro atoms. The number of ether oxygens (including phenoxy) is 2. The van der Waals surface area contributed by atoms with E-state index in [2.05, 4.69) is 24.5 Å². The fourth-order valence-corrected chi connectivity index (χ4v) is 2.68. The van der Waals surface area contributed by atoms with Crippen LogP contribution in [-0.2, 0) is 9.47 Å².